The van der Waals surface area contributed by atoms with E-state index in [2.05, 4.69) is 9.98 Å². The minimum Gasteiger partial charge on any atom is -0.287 e. The summed E-state index contributed by atoms with van der Waals surface area (Å²) in [6, 6.07) is 24.7. The average Bonchev–Trinajstić information content (AvgIpc) is 2.67. The molecule has 0 aliphatic heterocycles. The summed E-state index contributed by atoms with van der Waals surface area (Å²) < 4.78 is 0. The minimum absolute atomic E-state index is 0.0529. The fraction of sp³-hybridized carbons (Fsp3) is 0.0952. The summed E-state index contributed by atoms with van der Waals surface area (Å²) in [6.07, 6.45) is 2.48. The third-order valence-corrected chi connectivity index (χ3v) is 3.66. The van der Waals surface area contributed by atoms with Crippen molar-refractivity contribution in [3.8, 4) is 0 Å². The van der Waals surface area contributed by atoms with E-state index in [0.717, 1.165) is 11.3 Å². The number of Topliss-reactive ketones (excluding diaryl/α,β-unsaturated/α-hetero) is 1. The lowest BCUT2D eigenvalue weighted by Gasteiger charge is -2.07. The number of aliphatic imine (C=N–C) groups is 1. The van der Waals surface area contributed by atoms with Gasteiger partial charge in [0.2, 0.25) is 5.78 Å². The number of rotatable bonds is 6. The van der Waals surface area contributed by atoms with Crippen LogP contribution >= 0.6 is 0 Å². The van der Waals surface area contributed by atoms with Gasteiger partial charge in [0.25, 0.3) is 0 Å². The summed E-state index contributed by atoms with van der Waals surface area (Å²) in [6.45, 7) is 0.528. The van der Waals surface area contributed by atoms with E-state index in [9.17, 15) is 4.79 Å². The number of hydrogen-bond donors (Lipinski definition) is 0. The first kappa shape index (κ1) is 15.8. The van der Waals surface area contributed by atoms with E-state index in [1.54, 1.807) is 6.20 Å². The van der Waals surface area contributed by atoms with Crippen molar-refractivity contribution in [2.24, 2.45) is 4.99 Å². The number of carbonyl (C=O) groups is 1. The van der Waals surface area contributed by atoms with Crippen LogP contribution in [0.4, 0.5) is 0 Å². The predicted molar refractivity (Wildman–Crippen MR) is 96.6 cm³/mol. The lowest BCUT2D eigenvalue weighted by molar-refractivity contribution is 0.106. The number of ketones is 1. The first-order valence-corrected chi connectivity index (χ1v) is 7.94. The van der Waals surface area contributed by atoms with Gasteiger partial charge in [0, 0.05) is 36.0 Å². The van der Waals surface area contributed by atoms with Crippen LogP contribution in [0.3, 0.4) is 0 Å². The number of nitrogens with zero attached hydrogens (tertiary/aromatic N) is 2. The van der Waals surface area contributed by atoms with Crippen molar-refractivity contribution in [3.05, 3.63) is 102 Å². The zero-order chi connectivity index (χ0) is 16.6. The van der Waals surface area contributed by atoms with E-state index >= 15 is 0 Å². The van der Waals surface area contributed by atoms with E-state index in [-0.39, 0.29) is 5.78 Å². The first-order valence-electron chi connectivity index (χ1n) is 7.94. The second-order valence-electron chi connectivity index (χ2n) is 5.36. The maximum absolute atomic E-state index is 12.8. The average molecular weight is 314 g/mol. The summed E-state index contributed by atoms with van der Waals surface area (Å²) in [5.41, 5.74) is 2.96. The van der Waals surface area contributed by atoms with Gasteiger partial charge in [0.15, 0.2) is 0 Å². The van der Waals surface area contributed by atoms with Crippen molar-refractivity contribution in [2.45, 2.75) is 6.42 Å². The Hall–Kier alpha value is -3.07. The molecule has 1 aromatic heterocycles. The topological polar surface area (TPSA) is 42.3 Å². The first-order chi connectivity index (χ1) is 11.8. The van der Waals surface area contributed by atoms with E-state index in [4.69, 9.17) is 0 Å². The molecule has 0 saturated carbocycles. The molecule has 0 unspecified atom stereocenters. The van der Waals surface area contributed by atoms with Crippen molar-refractivity contribution in [2.75, 3.05) is 6.54 Å². The highest BCUT2D eigenvalue weighted by molar-refractivity contribution is 6.51. The number of carbonyl (C=O) groups excluding carboxylic acids is 1. The quantitative estimate of drug-likeness (QED) is 0.510. The summed E-state index contributed by atoms with van der Waals surface area (Å²) >= 11 is 0. The molecule has 1 heterocycles. The molecule has 0 aliphatic rings. The zero-order valence-corrected chi connectivity index (χ0v) is 13.3. The van der Waals surface area contributed by atoms with Gasteiger partial charge in [-0.1, -0.05) is 66.7 Å². The molecule has 2 aromatic carbocycles. The molecule has 0 atom stereocenters. The number of benzene rings is 2. The Balaban J connectivity index is 1.85. The lowest BCUT2D eigenvalue weighted by Crippen LogP contribution is -2.17. The van der Waals surface area contributed by atoms with E-state index in [1.165, 1.54) is 0 Å². The summed E-state index contributed by atoms with van der Waals surface area (Å²) in [7, 11) is 0. The molecule has 0 amide bonds. The van der Waals surface area contributed by atoms with Crippen LogP contribution in [0, 0.1) is 0 Å². The van der Waals surface area contributed by atoms with Crippen molar-refractivity contribution < 1.29 is 4.79 Å². The fourth-order valence-electron chi connectivity index (χ4n) is 2.44. The Morgan fingerprint density at radius 2 is 1.42 bits per heavy atom. The van der Waals surface area contributed by atoms with Crippen molar-refractivity contribution in [1.29, 1.82) is 0 Å². The molecule has 118 valence electrons. The Kier molecular flexibility index (Phi) is 5.25. The van der Waals surface area contributed by atoms with E-state index in [1.807, 2.05) is 78.9 Å². The summed E-state index contributed by atoms with van der Waals surface area (Å²) in [4.78, 5) is 21.7. The molecule has 3 nitrogen and oxygen atoms in total. The Labute approximate surface area is 141 Å². The maximum Gasteiger partial charge on any atom is 0.211 e. The van der Waals surface area contributed by atoms with Crippen LogP contribution in [-0.2, 0) is 6.42 Å². The monoisotopic (exact) mass is 314 g/mol. The van der Waals surface area contributed by atoms with E-state index in [0.29, 0.717) is 24.2 Å². The third kappa shape index (κ3) is 4.02. The smallest absolute Gasteiger partial charge is 0.211 e. The maximum atomic E-state index is 12.8. The van der Waals surface area contributed by atoms with Crippen LogP contribution in [0.5, 0.6) is 0 Å². The fourth-order valence-corrected chi connectivity index (χ4v) is 2.44. The molecule has 3 heteroatoms. The van der Waals surface area contributed by atoms with Gasteiger partial charge in [0.1, 0.15) is 5.71 Å². The minimum atomic E-state index is -0.0529. The molecule has 0 radical (unpaired) electrons. The molecule has 3 aromatic rings. The van der Waals surface area contributed by atoms with Crippen LogP contribution in [0.2, 0.25) is 0 Å². The highest BCUT2D eigenvalue weighted by atomic mass is 16.1. The molecule has 3 rings (SSSR count). The van der Waals surface area contributed by atoms with Gasteiger partial charge in [0.05, 0.1) is 0 Å². The summed E-state index contributed by atoms with van der Waals surface area (Å²) in [5.74, 6) is -0.0529. The van der Waals surface area contributed by atoms with Crippen LogP contribution in [-0.4, -0.2) is 23.0 Å². The van der Waals surface area contributed by atoms with Crippen LogP contribution in [0.15, 0.2) is 90.1 Å². The van der Waals surface area contributed by atoms with Gasteiger partial charge in [-0.25, -0.2) is 0 Å². The highest BCUT2D eigenvalue weighted by Gasteiger charge is 2.15. The standard InChI is InChI=1S/C21H18N2O/c24-21(18-11-5-2-6-12-18)20(17-9-3-1-4-10-17)23-16-14-19-13-7-8-15-22-19/h1-13,15H,14,16H2. The second-order valence-corrected chi connectivity index (χ2v) is 5.36. The second kappa shape index (κ2) is 7.97. The predicted octanol–water partition coefficient (Wildman–Crippen LogP) is 4.00. The largest absolute Gasteiger partial charge is 0.287 e. The SMILES string of the molecule is O=C(C(=NCCc1ccccn1)c1ccccc1)c1ccccc1. The molecule has 0 N–H and O–H groups in total. The van der Waals surface area contributed by atoms with Gasteiger partial charge in [-0.3, -0.25) is 14.8 Å². The van der Waals surface area contributed by atoms with Gasteiger partial charge >= 0.3 is 0 Å². The molecule has 0 saturated heterocycles. The molecule has 0 fully saturated rings. The number of hydrogen-bond acceptors (Lipinski definition) is 3. The van der Waals surface area contributed by atoms with Crippen LogP contribution in [0.1, 0.15) is 21.6 Å². The van der Waals surface area contributed by atoms with Crippen LogP contribution < -0.4 is 0 Å². The van der Waals surface area contributed by atoms with Gasteiger partial charge in [-0.05, 0) is 12.1 Å². The van der Waals surface area contributed by atoms with Crippen molar-refractivity contribution >= 4 is 11.5 Å². The zero-order valence-electron chi connectivity index (χ0n) is 13.3. The molecule has 0 spiro atoms. The molecular weight excluding hydrogens is 296 g/mol. The molecular formula is C21H18N2O. The lowest BCUT2D eigenvalue weighted by atomic mass is 10.0. The van der Waals surface area contributed by atoms with Gasteiger partial charge in [-0.15, -0.1) is 0 Å². The molecule has 24 heavy (non-hydrogen) atoms. The van der Waals surface area contributed by atoms with Crippen molar-refractivity contribution in [3.63, 3.8) is 0 Å². The number of pyridine rings is 1. The Morgan fingerprint density at radius 3 is 2.04 bits per heavy atom. The molecule has 0 aliphatic carbocycles. The van der Waals surface area contributed by atoms with Crippen LogP contribution in [0.25, 0.3) is 0 Å². The normalized spacial score (nSPS) is 11.2. The van der Waals surface area contributed by atoms with Gasteiger partial charge < -0.3 is 0 Å². The van der Waals surface area contributed by atoms with Gasteiger partial charge in [-0.2, -0.15) is 0 Å². The molecule has 0 bridgehead atoms. The van der Waals surface area contributed by atoms with E-state index < -0.39 is 0 Å². The third-order valence-electron chi connectivity index (χ3n) is 3.66. The Bertz CT molecular complexity index is 812. The highest BCUT2D eigenvalue weighted by Crippen LogP contribution is 2.09. The Morgan fingerprint density at radius 1 is 0.792 bits per heavy atom. The number of aromatic nitrogens is 1. The summed E-state index contributed by atoms with van der Waals surface area (Å²) in [5, 5.41) is 0. The van der Waals surface area contributed by atoms with Crippen molar-refractivity contribution in [1.82, 2.24) is 4.98 Å².